The summed E-state index contributed by atoms with van der Waals surface area (Å²) in [5.74, 6) is 1.63. The summed E-state index contributed by atoms with van der Waals surface area (Å²) in [6, 6.07) is 7.02. The van der Waals surface area contributed by atoms with Gasteiger partial charge in [-0.2, -0.15) is 0 Å². The second kappa shape index (κ2) is 9.52. The van der Waals surface area contributed by atoms with Crippen molar-refractivity contribution in [1.29, 1.82) is 0 Å². The quantitative estimate of drug-likeness (QED) is 0.496. The van der Waals surface area contributed by atoms with E-state index in [1.54, 1.807) is 6.08 Å². The van der Waals surface area contributed by atoms with Crippen LogP contribution in [0.1, 0.15) is 45.4 Å². The maximum absolute atomic E-state index is 12.6. The third kappa shape index (κ3) is 4.74. The Morgan fingerprint density at radius 2 is 2.09 bits per heavy atom. The third-order valence-electron chi connectivity index (χ3n) is 6.87. The van der Waals surface area contributed by atoms with Crippen LogP contribution in [0.25, 0.3) is 10.9 Å². The number of hydrogen-bond donors (Lipinski definition) is 4. The van der Waals surface area contributed by atoms with Crippen LogP contribution in [-0.2, 0) is 4.74 Å². The number of nitrogens with zero attached hydrogens (tertiary/aromatic N) is 3. The lowest BCUT2D eigenvalue weighted by atomic mass is 9.82. The standard InChI is InChI=1S/C24H33N7O2/c1-3-10-33-24(32)31-17-6-4-7-18(31)13-16(12-17)26-23-19-8-5-9-25-20(19)14-21(28-23)27-22-11-15(2)29-30-22/h3,5,8-9,14-18,22,29-30H,1,4,6-7,10-13H2,2H3,(H2,26,27,28)/t15?,16?,17-,18+,22?. The molecule has 2 aromatic heterocycles. The van der Waals surface area contributed by atoms with E-state index in [0.717, 1.165) is 61.1 Å². The summed E-state index contributed by atoms with van der Waals surface area (Å²) in [6.45, 7) is 6.05. The van der Waals surface area contributed by atoms with Crippen molar-refractivity contribution in [1.82, 2.24) is 25.7 Å². The zero-order chi connectivity index (χ0) is 22.8. The van der Waals surface area contributed by atoms with Gasteiger partial charge >= 0.3 is 6.09 Å². The Bertz CT molecular complexity index is 1000. The predicted molar refractivity (Wildman–Crippen MR) is 129 cm³/mol. The van der Waals surface area contributed by atoms with Crippen LogP contribution >= 0.6 is 0 Å². The fourth-order valence-electron chi connectivity index (χ4n) is 5.44. The fourth-order valence-corrected chi connectivity index (χ4v) is 5.44. The molecule has 0 saturated carbocycles. The van der Waals surface area contributed by atoms with Crippen LogP contribution < -0.4 is 21.5 Å². The number of carbonyl (C=O) groups excluding carboxylic acids is 1. The number of hydrazine groups is 1. The molecular weight excluding hydrogens is 418 g/mol. The van der Waals surface area contributed by atoms with Gasteiger partial charge in [0.05, 0.1) is 11.7 Å². The minimum Gasteiger partial charge on any atom is -0.445 e. The monoisotopic (exact) mass is 451 g/mol. The number of fused-ring (bicyclic) bond motifs is 3. The number of carbonyl (C=O) groups is 1. The molecule has 3 fully saturated rings. The molecule has 3 aliphatic rings. The highest BCUT2D eigenvalue weighted by molar-refractivity contribution is 5.91. The summed E-state index contributed by atoms with van der Waals surface area (Å²) in [4.78, 5) is 24.1. The predicted octanol–water partition coefficient (Wildman–Crippen LogP) is 3.37. The lowest BCUT2D eigenvalue weighted by Gasteiger charge is -2.48. The number of ether oxygens (including phenoxy) is 1. The van der Waals surface area contributed by atoms with Gasteiger partial charge in [-0.3, -0.25) is 10.4 Å². The van der Waals surface area contributed by atoms with Crippen LogP contribution in [0.5, 0.6) is 0 Å². The van der Waals surface area contributed by atoms with Crippen molar-refractivity contribution in [3.8, 4) is 0 Å². The Morgan fingerprint density at radius 3 is 2.82 bits per heavy atom. The summed E-state index contributed by atoms with van der Waals surface area (Å²) < 4.78 is 5.37. The molecule has 3 saturated heterocycles. The average Bonchev–Trinajstić information content (AvgIpc) is 3.21. The first kappa shape index (κ1) is 21.9. The molecule has 9 nitrogen and oxygen atoms in total. The van der Waals surface area contributed by atoms with Crippen LogP contribution in [0, 0.1) is 0 Å². The van der Waals surface area contributed by atoms with Crippen molar-refractivity contribution in [3.63, 3.8) is 0 Å². The lowest BCUT2D eigenvalue weighted by molar-refractivity contribution is 0.0241. The van der Waals surface area contributed by atoms with Crippen LogP contribution in [0.15, 0.2) is 37.1 Å². The number of piperidine rings is 2. The maximum atomic E-state index is 12.6. The molecule has 5 rings (SSSR count). The second-order valence-corrected chi connectivity index (χ2v) is 9.37. The van der Waals surface area contributed by atoms with Gasteiger partial charge < -0.3 is 20.3 Å². The summed E-state index contributed by atoms with van der Waals surface area (Å²) in [5, 5.41) is 8.19. The number of amides is 1. The van der Waals surface area contributed by atoms with Gasteiger partial charge in [0.25, 0.3) is 0 Å². The molecule has 4 N–H and O–H groups in total. The lowest BCUT2D eigenvalue weighted by Crippen LogP contribution is -2.57. The SMILES string of the molecule is C=CCOC(=O)N1[C@@H]2CCC[C@H]1CC(Nc1nc(NC3CC(C)NN3)cc3ncccc13)C2. The number of hydrogen-bond acceptors (Lipinski definition) is 8. The molecule has 0 spiro atoms. The van der Waals surface area contributed by atoms with Crippen LogP contribution in [0.2, 0.25) is 0 Å². The first-order valence-corrected chi connectivity index (χ1v) is 12.0. The minimum absolute atomic E-state index is 0.116. The maximum Gasteiger partial charge on any atom is 0.410 e. The van der Waals surface area contributed by atoms with E-state index < -0.39 is 0 Å². The van der Waals surface area contributed by atoms with Crippen molar-refractivity contribution in [3.05, 3.63) is 37.1 Å². The van der Waals surface area contributed by atoms with E-state index in [0.29, 0.717) is 6.04 Å². The van der Waals surface area contributed by atoms with E-state index in [1.807, 2.05) is 23.2 Å². The largest absolute Gasteiger partial charge is 0.445 e. The van der Waals surface area contributed by atoms with Gasteiger partial charge in [-0.25, -0.2) is 15.2 Å². The molecule has 3 unspecified atom stereocenters. The van der Waals surface area contributed by atoms with Gasteiger partial charge in [-0.1, -0.05) is 12.7 Å². The Kier molecular flexibility index (Phi) is 6.32. The number of pyridine rings is 2. The van der Waals surface area contributed by atoms with E-state index in [-0.39, 0.29) is 37.0 Å². The molecule has 1 amide bonds. The molecule has 0 radical (unpaired) electrons. The Hall–Kier alpha value is -2.91. The highest BCUT2D eigenvalue weighted by Gasteiger charge is 2.41. The Morgan fingerprint density at radius 1 is 1.27 bits per heavy atom. The summed E-state index contributed by atoms with van der Waals surface area (Å²) >= 11 is 0. The minimum atomic E-state index is -0.214. The van der Waals surface area contributed by atoms with Gasteiger partial charge in [-0.15, -0.1) is 0 Å². The molecule has 5 atom stereocenters. The topological polar surface area (TPSA) is 103 Å². The van der Waals surface area contributed by atoms with E-state index in [2.05, 4.69) is 46.0 Å². The summed E-state index contributed by atoms with van der Waals surface area (Å²) in [6.07, 6.45) is 9.23. The summed E-state index contributed by atoms with van der Waals surface area (Å²) in [7, 11) is 0. The fraction of sp³-hybridized carbons (Fsp3) is 0.542. The first-order chi connectivity index (χ1) is 16.1. The zero-order valence-corrected chi connectivity index (χ0v) is 19.1. The van der Waals surface area contributed by atoms with Gasteiger partial charge in [0.2, 0.25) is 0 Å². The average molecular weight is 452 g/mol. The van der Waals surface area contributed by atoms with Gasteiger partial charge in [0.1, 0.15) is 18.2 Å². The molecule has 0 aromatic carbocycles. The normalized spacial score (nSPS) is 29.0. The molecule has 2 aromatic rings. The molecule has 0 aliphatic carbocycles. The summed E-state index contributed by atoms with van der Waals surface area (Å²) in [5.41, 5.74) is 7.40. The van der Waals surface area contributed by atoms with Crippen molar-refractivity contribution < 1.29 is 9.53 Å². The van der Waals surface area contributed by atoms with E-state index >= 15 is 0 Å². The van der Waals surface area contributed by atoms with Crippen molar-refractivity contribution in [2.24, 2.45) is 0 Å². The smallest absolute Gasteiger partial charge is 0.410 e. The van der Waals surface area contributed by atoms with Crippen molar-refractivity contribution in [2.75, 3.05) is 17.2 Å². The van der Waals surface area contributed by atoms with Crippen molar-refractivity contribution >= 4 is 28.6 Å². The van der Waals surface area contributed by atoms with Crippen molar-refractivity contribution in [2.45, 2.75) is 75.8 Å². The van der Waals surface area contributed by atoms with Crippen LogP contribution in [0.4, 0.5) is 16.4 Å². The molecule has 3 aliphatic heterocycles. The zero-order valence-electron chi connectivity index (χ0n) is 19.1. The second-order valence-electron chi connectivity index (χ2n) is 9.37. The molecule has 33 heavy (non-hydrogen) atoms. The molecule has 9 heteroatoms. The molecular formula is C24H33N7O2. The Balaban J connectivity index is 1.34. The number of anilines is 2. The van der Waals surface area contributed by atoms with Gasteiger partial charge in [0, 0.05) is 41.8 Å². The third-order valence-corrected chi connectivity index (χ3v) is 6.87. The van der Waals surface area contributed by atoms with E-state index in [9.17, 15) is 4.79 Å². The highest BCUT2D eigenvalue weighted by atomic mass is 16.6. The van der Waals surface area contributed by atoms with Gasteiger partial charge in [0.15, 0.2) is 0 Å². The van der Waals surface area contributed by atoms with Gasteiger partial charge in [-0.05, 0) is 57.6 Å². The number of nitrogens with one attached hydrogen (secondary N) is 4. The first-order valence-electron chi connectivity index (χ1n) is 12.0. The van der Waals surface area contributed by atoms with E-state index in [1.165, 1.54) is 0 Å². The molecule has 5 heterocycles. The number of rotatable bonds is 6. The highest BCUT2D eigenvalue weighted by Crippen LogP contribution is 2.36. The number of aromatic nitrogens is 2. The van der Waals surface area contributed by atoms with E-state index in [4.69, 9.17) is 9.72 Å². The molecule has 176 valence electrons. The van der Waals surface area contributed by atoms with Crippen LogP contribution in [0.3, 0.4) is 0 Å². The van der Waals surface area contributed by atoms with Crippen LogP contribution in [-0.4, -0.2) is 57.9 Å². The Labute approximate surface area is 194 Å². The molecule has 2 bridgehead atoms.